The van der Waals surface area contributed by atoms with Gasteiger partial charge in [-0.1, -0.05) is 47.5 Å². The molecule has 0 aromatic heterocycles. The topological polar surface area (TPSA) is 79.8 Å². The molecular weight excluding hydrogens is 425 g/mol. The number of hydrazone groups is 1. The Balaban J connectivity index is 1.73. The van der Waals surface area contributed by atoms with Crippen LogP contribution in [0.15, 0.2) is 71.8 Å². The van der Waals surface area contributed by atoms with Crippen LogP contribution < -0.4 is 15.5 Å². The number of methoxy groups -OCH3 is 1. The summed E-state index contributed by atoms with van der Waals surface area (Å²) in [7, 11) is 1.57. The molecule has 0 fully saturated rings. The summed E-state index contributed by atoms with van der Waals surface area (Å²) in [5.41, 5.74) is 4.02. The Labute approximate surface area is 183 Å². The molecule has 0 heterocycles. The van der Waals surface area contributed by atoms with Crippen molar-refractivity contribution in [2.45, 2.75) is 0 Å². The van der Waals surface area contributed by atoms with Crippen LogP contribution in [0.25, 0.3) is 0 Å². The lowest BCUT2D eigenvalue weighted by Crippen LogP contribution is -2.21. The number of nitrogens with zero attached hydrogens (tertiary/aromatic N) is 1. The van der Waals surface area contributed by atoms with Gasteiger partial charge >= 0.3 is 0 Å². The number of carbonyl (C=O) groups is 2. The number of amides is 2. The minimum atomic E-state index is -0.479. The number of rotatable bonds is 6. The van der Waals surface area contributed by atoms with E-state index in [0.29, 0.717) is 16.5 Å². The number of benzene rings is 3. The smallest absolute Gasteiger partial charge is 0.273 e. The summed E-state index contributed by atoms with van der Waals surface area (Å²) < 4.78 is 5.15. The minimum Gasteiger partial charge on any atom is -0.497 e. The van der Waals surface area contributed by atoms with Gasteiger partial charge in [-0.05, 0) is 48.0 Å². The number of anilines is 1. The third-order valence-corrected chi connectivity index (χ3v) is 4.62. The summed E-state index contributed by atoms with van der Waals surface area (Å²) >= 11 is 12.0. The fourth-order valence-corrected chi connectivity index (χ4v) is 3.10. The number of ether oxygens (including phenoxy) is 1. The van der Waals surface area contributed by atoms with Crippen LogP contribution in [0.4, 0.5) is 5.69 Å². The normalized spacial score (nSPS) is 10.6. The van der Waals surface area contributed by atoms with E-state index in [2.05, 4.69) is 15.8 Å². The zero-order valence-corrected chi connectivity index (χ0v) is 17.4. The Hall–Kier alpha value is -3.35. The van der Waals surface area contributed by atoms with Gasteiger partial charge in [0.2, 0.25) is 0 Å². The summed E-state index contributed by atoms with van der Waals surface area (Å²) in [5.74, 6) is -0.261. The molecule has 30 heavy (non-hydrogen) atoms. The first kappa shape index (κ1) is 21.4. The highest BCUT2D eigenvalue weighted by Crippen LogP contribution is 2.23. The highest BCUT2D eigenvalue weighted by Gasteiger charge is 2.15. The molecule has 152 valence electrons. The van der Waals surface area contributed by atoms with Gasteiger partial charge in [0.25, 0.3) is 11.8 Å². The standard InChI is InChI=1S/C22H17Cl2N3O3/c1-30-16-6-4-5-14(11-16)13-25-27-22(29)18-7-2-3-8-20(18)26-21(28)17-10-9-15(23)12-19(17)24/h2-13H,1H3,(H,26,28)(H,27,29)/b25-13-. The molecule has 0 saturated carbocycles. The fourth-order valence-electron chi connectivity index (χ4n) is 2.60. The van der Waals surface area contributed by atoms with Crippen molar-refractivity contribution in [2.24, 2.45) is 5.10 Å². The van der Waals surface area contributed by atoms with E-state index in [1.807, 2.05) is 18.2 Å². The van der Waals surface area contributed by atoms with Crippen molar-refractivity contribution < 1.29 is 14.3 Å². The van der Waals surface area contributed by atoms with Crippen molar-refractivity contribution in [3.8, 4) is 5.75 Å². The van der Waals surface area contributed by atoms with Crippen LogP contribution >= 0.6 is 23.2 Å². The number of halogens is 2. The molecule has 8 heteroatoms. The van der Waals surface area contributed by atoms with Gasteiger partial charge in [0.15, 0.2) is 0 Å². The summed E-state index contributed by atoms with van der Waals surface area (Å²) in [6.45, 7) is 0. The Bertz CT molecular complexity index is 1120. The molecular formula is C22H17Cl2N3O3. The number of nitrogens with one attached hydrogen (secondary N) is 2. The molecule has 0 spiro atoms. The Morgan fingerprint density at radius 3 is 2.50 bits per heavy atom. The third-order valence-electron chi connectivity index (χ3n) is 4.07. The van der Waals surface area contributed by atoms with Gasteiger partial charge in [-0.2, -0.15) is 5.10 Å². The maximum absolute atomic E-state index is 12.6. The van der Waals surface area contributed by atoms with Crippen LogP contribution in [-0.2, 0) is 0 Å². The van der Waals surface area contributed by atoms with E-state index >= 15 is 0 Å². The zero-order valence-electron chi connectivity index (χ0n) is 15.9. The van der Waals surface area contributed by atoms with Crippen LogP contribution in [0.3, 0.4) is 0 Å². The van der Waals surface area contributed by atoms with E-state index in [0.717, 1.165) is 5.56 Å². The molecule has 6 nitrogen and oxygen atoms in total. The predicted octanol–water partition coefficient (Wildman–Crippen LogP) is 5.02. The highest BCUT2D eigenvalue weighted by molar-refractivity contribution is 6.37. The largest absolute Gasteiger partial charge is 0.497 e. The molecule has 0 bridgehead atoms. The third kappa shape index (κ3) is 5.37. The second kappa shape index (κ2) is 9.91. The molecule has 2 N–H and O–H groups in total. The molecule has 0 radical (unpaired) electrons. The monoisotopic (exact) mass is 441 g/mol. The maximum Gasteiger partial charge on any atom is 0.273 e. The van der Waals surface area contributed by atoms with Crippen molar-refractivity contribution in [2.75, 3.05) is 12.4 Å². The van der Waals surface area contributed by atoms with Gasteiger partial charge in [-0.25, -0.2) is 5.43 Å². The van der Waals surface area contributed by atoms with Crippen molar-refractivity contribution in [1.82, 2.24) is 5.43 Å². The molecule has 0 unspecified atom stereocenters. The molecule has 3 aromatic rings. The van der Waals surface area contributed by atoms with Gasteiger partial charge in [-0.15, -0.1) is 0 Å². The lowest BCUT2D eigenvalue weighted by molar-refractivity contribution is 0.0956. The van der Waals surface area contributed by atoms with E-state index in [4.69, 9.17) is 27.9 Å². The summed E-state index contributed by atoms with van der Waals surface area (Å²) in [4.78, 5) is 25.1. The first-order valence-electron chi connectivity index (χ1n) is 8.81. The van der Waals surface area contributed by atoms with Gasteiger partial charge in [0.05, 0.1) is 35.2 Å². The van der Waals surface area contributed by atoms with Gasteiger partial charge in [0.1, 0.15) is 5.75 Å². The molecule has 0 saturated heterocycles. The van der Waals surface area contributed by atoms with Crippen molar-refractivity contribution in [3.05, 3.63) is 93.5 Å². The van der Waals surface area contributed by atoms with Crippen LogP contribution in [-0.4, -0.2) is 25.1 Å². The number of para-hydroxylation sites is 1. The molecule has 2 amide bonds. The molecule has 0 aliphatic rings. The average Bonchev–Trinajstić information content (AvgIpc) is 2.74. The predicted molar refractivity (Wildman–Crippen MR) is 119 cm³/mol. The van der Waals surface area contributed by atoms with Gasteiger partial charge in [-0.3, -0.25) is 9.59 Å². The van der Waals surface area contributed by atoms with Crippen molar-refractivity contribution >= 4 is 46.9 Å². The lowest BCUT2D eigenvalue weighted by atomic mass is 10.1. The maximum atomic E-state index is 12.6. The minimum absolute atomic E-state index is 0.213. The number of hydrogen-bond acceptors (Lipinski definition) is 4. The van der Waals surface area contributed by atoms with Crippen LogP contribution in [0.5, 0.6) is 5.75 Å². The summed E-state index contributed by atoms with van der Waals surface area (Å²) in [6, 6.07) is 18.4. The Morgan fingerprint density at radius 1 is 0.933 bits per heavy atom. The molecule has 3 aromatic carbocycles. The Kier molecular flexibility index (Phi) is 7.06. The van der Waals surface area contributed by atoms with Crippen LogP contribution in [0.2, 0.25) is 10.0 Å². The Morgan fingerprint density at radius 2 is 1.73 bits per heavy atom. The second-order valence-corrected chi connectivity index (χ2v) is 6.94. The summed E-state index contributed by atoms with van der Waals surface area (Å²) in [6.07, 6.45) is 1.50. The first-order chi connectivity index (χ1) is 14.5. The van der Waals surface area contributed by atoms with E-state index in [9.17, 15) is 9.59 Å². The molecule has 0 aliphatic carbocycles. The first-order valence-corrected chi connectivity index (χ1v) is 9.56. The SMILES string of the molecule is COc1cccc(/C=N\NC(=O)c2ccccc2NC(=O)c2ccc(Cl)cc2Cl)c1. The van der Waals surface area contributed by atoms with Crippen molar-refractivity contribution in [3.63, 3.8) is 0 Å². The molecule has 0 atom stereocenters. The number of carbonyl (C=O) groups excluding carboxylic acids is 2. The van der Waals surface area contributed by atoms with E-state index < -0.39 is 11.8 Å². The second-order valence-electron chi connectivity index (χ2n) is 6.10. The number of hydrogen-bond donors (Lipinski definition) is 2. The van der Waals surface area contributed by atoms with Gasteiger partial charge in [0, 0.05) is 5.02 Å². The van der Waals surface area contributed by atoms with Crippen LogP contribution in [0.1, 0.15) is 26.3 Å². The van der Waals surface area contributed by atoms with Crippen LogP contribution in [0, 0.1) is 0 Å². The molecule has 0 aliphatic heterocycles. The van der Waals surface area contributed by atoms with E-state index in [1.165, 1.54) is 18.3 Å². The quantitative estimate of drug-likeness (QED) is 0.416. The lowest BCUT2D eigenvalue weighted by Gasteiger charge is -2.11. The fraction of sp³-hybridized carbons (Fsp3) is 0.0455. The van der Waals surface area contributed by atoms with Crippen molar-refractivity contribution in [1.29, 1.82) is 0 Å². The highest BCUT2D eigenvalue weighted by atomic mass is 35.5. The zero-order chi connectivity index (χ0) is 21.5. The van der Waals surface area contributed by atoms with E-state index in [-0.39, 0.29) is 16.1 Å². The van der Waals surface area contributed by atoms with Gasteiger partial charge < -0.3 is 10.1 Å². The summed E-state index contributed by atoms with van der Waals surface area (Å²) in [5, 5.41) is 7.30. The average molecular weight is 442 g/mol. The molecule has 3 rings (SSSR count). The van der Waals surface area contributed by atoms with E-state index in [1.54, 1.807) is 43.5 Å².